The minimum absolute atomic E-state index is 0.194. The number of aromatic hydroxyl groups is 1. The Balaban J connectivity index is 1.63. The van der Waals surface area contributed by atoms with Crippen LogP contribution < -0.4 is 4.74 Å². The van der Waals surface area contributed by atoms with Gasteiger partial charge in [-0.1, -0.05) is 64.0 Å². The zero-order chi connectivity index (χ0) is 19.9. The number of rotatable bonds is 13. The van der Waals surface area contributed by atoms with Crippen molar-refractivity contribution in [3.8, 4) is 11.5 Å². The third-order valence-corrected chi connectivity index (χ3v) is 4.55. The number of unbranched alkanes of at least 4 members (excludes halogenated alkanes) is 7. The van der Waals surface area contributed by atoms with E-state index in [1.807, 2.05) is 30.3 Å². The van der Waals surface area contributed by atoms with Crippen LogP contribution in [0.4, 0.5) is 0 Å². The van der Waals surface area contributed by atoms with Gasteiger partial charge in [-0.15, -0.1) is 0 Å². The van der Waals surface area contributed by atoms with Crippen LogP contribution in [0.1, 0.15) is 69.4 Å². The molecule has 2 aromatic carbocycles. The number of nitrogens with zero attached hydrogens (tertiary/aromatic N) is 2. The van der Waals surface area contributed by atoms with Gasteiger partial charge in [0.1, 0.15) is 11.5 Å². The largest absolute Gasteiger partial charge is 0.507 e. The maximum Gasteiger partial charge on any atom is 0.124 e. The molecule has 0 saturated heterocycles. The highest BCUT2D eigenvalue weighted by Crippen LogP contribution is 2.14. The van der Waals surface area contributed by atoms with Crippen LogP contribution in [-0.2, 0) is 0 Å². The molecular weight excluding hydrogens is 348 g/mol. The number of ether oxygens (including phenoxy) is 1. The maximum absolute atomic E-state index is 9.66. The molecule has 4 heteroatoms. The molecule has 0 bridgehead atoms. The van der Waals surface area contributed by atoms with Gasteiger partial charge in [0.2, 0.25) is 0 Å². The second-order valence-electron chi connectivity index (χ2n) is 6.94. The summed E-state index contributed by atoms with van der Waals surface area (Å²) in [6.07, 6.45) is 13.6. The zero-order valence-electron chi connectivity index (χ0n) is 16.9. The van der Waals surface area contributed by atoms with E-state index < -0.39 is 0 Å². The molecule has 0 heterocycles. The van der Waals surface area contributed by atoms with Crippen LogP contribution in [0, 0.1) is 0 Å². The van der Waals surface area contributed by atoms with E-state index in [1.54, 1.807) is 24.4 Å². The molecule has 0 aliphatic rings. The Bertz CT molecular complexity index is 724. The summed E-state index contributed by atoms with van der Waals surface area (Å²) in [6, 6.07) is 14.9. The van der Waals surface area contributed by atoms with Crippen molar-refractivity contribution in [3.63, 3.8) is 0 Å². The predicted molar refractivity (Wildman–Crippen MR) is 118 cm³/mol. The Morgan fingerprint density at radius 3 is 2.14 bits per heavy atom. The highest BCUT2D eigenvalue weighted by atomic mass is 16.5. The van der Waals surface area contributed by atoms with Gasteiger partial charge in [-0.3, -0.25) is 0 Å². The average molecular weight is 381 g/mol. The summed E-state index contributed by atoms with van der Waals surface area (Å²) >= 11 is 0. The van der Waals surface area contributed by atoms with Crippen LogP contribution in [0.5, 0.6) is 11.5 Å². The quantitative estimate of drug-likeness (QED) is 0.249. The molecule has 0 aliphatic heterocycles. The number of para-hydroxylation sites is 1. The van der Waals surface area contributed by atoms with E-state index in [0.717, 1.165) is 24.3 Å². The summed E-state index contributed by atoms with van der Waals surface area (Å²) in [4.78, 5) is 0. The molecule has 0 aliphatic carbocycles. The standard InChI is InChI=1S/C24H32N2O2/c1-2-3-4-5-6-7-8-11-18-28-23-16-14-21(15-17-23)19-25-26-20-22-12-9-10-13-24(22)27/h9-10,12-17,19-20,27H,2-8,11,18H2,1H3/b25-19+,26-20+. The summed E-state index contributed by atoms with van der Waals surface area (Å²) in [5.41, 5.74) is 1.60. The fourth-order valence-electron chi connectivity index (χ4n) is 2.87. The Hall–Kier alpha value is -2.62. The van der Waals surface area contributed by atoms with E-state index in [0.29, 0.717) is 5.56 Å². The molecule has 0 amide bonds. The summed E-state index contributed by atoms with van der Waals surface area (Å²) in [5.74, 6) is 1.08. The molecular formula is C24H32N2O2. The zero-order valence-corrected chi connectivity index (χ0v) is 16.9. The van der Waals surface area contributed by atoms with Crippen LogP contribution in [0.3, 0.4) is 0 Å². The summed E-state index contributed by atoms with van der Waals surface area (Å²) in [7, 11) is 0. The van der Waals surface area contributed by atoms with E-state index in [2.05, 4.69) is 17.1 Å². The topological polar surface area (TPSA) is 54.2 Å². The summed E-state index contributed by atoms with van der Waals surface area (Å²) < 4.78 is 5.80. The fraction of sp³-hybridized carbons (Fsp3) is 0.417. The number of hydrogen-bond donors (Lipinski definition) is 1. The van der Waals surface area contributed by atoms with Gasteiger partial charge >= 0.3 is 0 Å². The molecule has 28 heavy (non-hydrogen) atoms. The highest BCUT2D eigenvalue weighted by molar-refractivity contribution is 5.84. The van der Waals surface area contributed by atoms with Gasteiger partial charge < -0.3 is 9.84 Å². The van der Waals surface area contributed by atoms with Gasteiger partial charge in [-0.25, -0.2) is 0 Å². The number of phenols is 1. The minimum Gasteiger partial charge on any atom is -0.507 e. The lowest BCUT2D eigenvalue weighted by Crippen LogP contribution is -1.97. The van der Waals surface area contributed by atoms with Gasteiger partial charge in [0, 0.05) is 5.56 Å². The highest BCUT2D eigenvalue weighted by Gasteiger charge is 1.96. The van der Waals surface area contributed by atoms with Crippen LogP contribution in [0.15, 0.2) is 58.7 Å². The molecule has 0 aromatic heterocycles. The first-order valence-corrected chi connectivity index (χ1v) is 10.4. The van der Waals surface area contributed by atoms with Crippen LogP contribution in [0.2, 0.25) is 0 Å². The van der Waals surface area contributed by atoms with Crippen molar-refractivity contribution in [2.45, 2.75) is 58.3 Å². The van der Waals surface area contributed by atoms with Crippen molar-refractivity contribution in [2.75, 3.05) is 6.61 Å². The second-order valence-corrected chi connectivity index (χ2v) is 6.94. The third-order valence-electron chi connectivity index (χ3n) is 4.55. The van der Waals surface area contributed by atoms with Crippen molar-refractivity contribution in [2.24, 2.45) is 10.2 Å². The first-order valence-electron chi connectivity index (χ1n) is 10.4. The summed E-state index contributed by atoms with van der Waals surface area (Å²) in [5, 5.41) is 17.7. The van der Waals surface area contributed by atoms with Gasteiger partial charge in [0.15, 0.2) is 0 Å². The Morgan fingerprint density at radius 2 is 1.43 bits per heavy atom. The number of hydrogen-bond acceptors (Lipinski definition) is 4. The molecule has 0 fully saturated rings. The molecule has 0 radical (unpaired) electrons. The van der Waals surface area contributed by atoms with E-state index >= 15 is 0 Å². The smallest absolute Gasteiger partial charge is 0.124 e. The van der Waals surface area contributed by atoms with Gasteiger partial charge in [0.25, 0.3) is 0 Å². The van der Waals surface area contributed by atoms with E-state index in [1.165, 1.54) is 51.2 Å². The SMILES string of the molecule is CCCCCCCCCCOc1ccc(/C=N/N=C/c2ccccc2O)cc1. The molecule has 2 rings (SSSR count). The molecule has 150 valence electrons. The molecule has 4 nitrogen and oxygen atoms in total. The van der Waals surface area contributed by atoms with Crippen LogP contribution in [0.25, 0.3) is 0 Å². The van der Waals surface area contributed by atoms with Gasteiger partial charge in [0.05, 0.1) is 19.0 Å². The number of benzene rings is 2. The minimum atomic E-state index is 0.194. The first-order chi connectivity index (χ1) is 13.8. The van der Waals surface area contributed by atoms with Crippen molar-refractivity contribution in [1.82, 2.24) is 0 Å². The van der Waals surface area contributed by atoms with E-state index in [9.17, 15) is 5.11 Å². The van der Waals surface area contributed by atoms with Crippen molar-refractivity contribution in [3.05, 3.63) is 59.7 Å². The molecule has 2 aromatic rings. The van der Waals surface area contributed by atoms with Gasteiger partial charge in [-0.2, -0.15) is 10.2 Å². The van der Waals surface area contributed by atoms with Crippen LogP contribution >= 0.6 is 0 Å². The molecule has 0 unspecified atom stereocenters. The molecule has 0 saturated carbocycles. The van der Waals surface area contributed by atoms with E-state index in [-0.39, 0.29) is 5.75 Å². The predicted octanol–water partition coefficient (Wildman–Crippen LogP) is 6.36. The first kappa shape index (κ1) is 21.7. The lowest BCUT2D eigenvalue weighted by molar-refractivity contribution is 0.304. The summed E-state index contributed by atoms with van der Waals surface area (Å²) in [6.45, 7) is 3.02. The molecule has 1 N–H and O–H groups in total. The monoisotopic (exact) mass is 380 g/mol. The van der Waals surface area contributed by atoms with Crippen molar-refractivity contribution in [1.29, 1.82) is 0 Å². The Labute approximate surface area is 169 Å². The Morgan fingerprint density at radius 1 is 0.786 bits per heavy atom. The number of phenolic OH excluding ortho intramolecular Hbond substituents is 1. The van der Waals surface area contributed by atoms with Gasteiger partial charge in [-0.05, 0) is 48.4 Å². The van der Waals surface area contributed by atoms with E-state index in [4.69, 9.17) is 4.74 Å². The second kappa shape index (κ2) is 13.5. The molecule has 0 spiro atoms. The fourth-order valence-corrected chi connectivity index (χ4v) is 2.87. The molecule has 0 atom stereocenters. The average Bonchev–Trinajstić information content (AvgIpc) is 2.72. The van der Waals surface area contributed by atoms with Crippen LogP contribution in [-0.4, -0.2) is 24.1 Å². The Kier molecular flexibility index (Phi) is 10.5. The maximum atomic E-state index is 9.66. The van der Waals surface area contributed by atoms with Crippen molar-refractivity contribution < 1.29 is 9.84 Å². The van der Waals surface area contributed by atoms with Crippen molar-refractivity contribution >= 4 is 12.4 Å². The lowest BCUT2D eigenvalue weighted by Gasteiger charge is -2.06. The normalized spacial score (nSPS) is 11.5. The lowest BCUT2D eigenvalue weighted by atomic mass is 10.1. The third kappa shape index (κ3) is 8.85.